The highest BCUT2D eigenvalue weighted by atomic mass is 16.2. The summed E-state index contributed by atoms with van der Waals surface area (Å²) in [5.41, 5.74) is 12.9. The first-order valence-corrected chi connectivity index (χ1v) is 6.19. The van der Waals surface area contributed by atoms with Crippen LogP contribution in [0.4, 0.5) is 11.4 Å². The van der Waals surface area contributed by atoms with Gasteiger partial charge in [-0.25, -0.2) is 0 Å². The highest BCUT2D eigenvalue weighted by Crippen LogP contribution is 2.24. The Kier molecular flexibility index (Phi) is 3.59. The van der Waals surface area contributed by atoms with Gasteiger partial charge in [-0.15, -0.1) is 0 Å². The van der Waals surface area contributed by atoms with Crippen molar-refractivity contribution in [2.24, 2.45) is 5.73 Å². The second-order valence-corrected chi connectivity index (χ2v) is 4.63. The van der Waals surface area contributed by atoms with Crippen LogP contribution in [0.1, 0.15) is 17.3 Å². The van der Waals surface area contributed by atoms with Crippen LogP contribution in [0.3, 0.4) is 0 Å². The molecular formula is C13H18N4O2. The van der Waals surface area contributed by atoms with Gasteiger partial charge in [0.05, 0.1) is 11.3 Å². The minimum absolute atomic E-state index is 0.0716. The van der Waals surface area contributed by atoms with Crippen molar-refractivity contribution in [1.82, 2.24) is 4.90 Å². The zero-order chi connectivity index (χ0) is 14.0. The number of carbonyl (C=O) groups is 2. The van der Waals surface area contributed by atoms with E-state index in [1.807, 2.05) is 4.90 Å². The molecule has 1 fully saturated rings. The number of hydrogen-bond donors (Lipinski definition) is 2. The molecule has 6 heteroatoms. The normalized spacial score (nSPS) is 15.4. The molecule has 102 valence electrons. The summed E-state index contributed by atoms with van der Waals surface area (Å²) < 4.78 is 0. The molecule has 2 rings (SSSR count). The molecule has 0 spiro atoms. The lowest BCUT2D eigenvalue weighted by Gasteiger charge is -2.36. The third-order valence-corrected chi connectivity index (χ3v) is 3.35. The summed E-state index contributed by atoms with van der Waals surface area (Å²) in [5, 5.41) is 0. The van der Waals surface area contributed by atoms with Gasteiger partial charge in [-0.05, 0) is 18.2 Å². The average molecular weight is 262 g/mol. The van der Waals surface area contributed by atoms with Gasteiger partial charge in [0.1, 0.15) is 0 Å². The second kappa shape index (κ2) is 5.17. The molecule has 1 saturated heterocycles. The SMILES string of the molecule is CC(=O)N1CCN(c2cc(N)ccc2C(N)=O)CC1. The Morgan fingerprint density at radius 2 is 1.79 bits per heavy atom. The van der Waals surface area contributed by atoms with Crippen LogP contribution >= 0.6 is 0 Å². The van der Waals surface area contributed by atoms with Gasteiger partial charge in [0.2, 0.25) is 5.91 Å². The Labute approximate surface area is 112 Å². The maximum atomic E-state index is 11.4. The van der Waals surface area contributed by atoms with E-state index in [9.17, 15) is 9.59 Å². The Bertz CT molecular complexity index is 507. The number of rotatable bonds is 2. The van der Waals surface area contributed by atoms with Crippen LogP contribution in [0.25, 0.3) is 0 Å². The number of nitrogens with two attached hydrogens (primary N) is 2. The van der Waals surface area contributed by atoms with E-state index in [1.54, 1.807) is 30.0 Å². The van der Waals surface area contributed by atoms with Crippen LogP contribution in [0.5, 0.6) is 0 Å². The minimum atomic E-state index is -0.469. The number of benzene rings is 1. The molecule has 19 heavy (non-hydrogen) atoms. The highest BCUT2D eigenvalue weighted by molar-refractivity contribution is 5.99. The number of amides is 2. The molecule has 2 amide bonds. The standard InChI is InChI=1S/C13H18N4O2/c1-9(18)16-4-6-17(7-5-16)12-8-10(14)2-3-11(12)13(15)19/h2-3,8H,4-7,14H2,1H3,(H2,15,19). The van der Waals surface area contributed by atoms with Crippen molar-refractivity contribution in [2.45, 2.75) is 6.92 Å². The maximum Gasteiger partial charge on any atom is 0.250 e. The topological polar surface area (TPSA) is 92.7 Å². The van der Waals surface area contributed by atoms with E-state index in [2.05, 4.69) is 0 Å². The van der Waals surface area contributed by atoms with Crippen LogP contribution in [-0.2, 0) is 4.79 Å². The van der Waals surface area contributed by atoms with Crippen molar-refractivity contribution in [3.63, 3.8) is 0 Å². The summed E-state index contributed by atoms with van der Waals surface area (Å²) in [5.74, 6) is -0.397. The smallest absolute Gasteiger partial charge is 0.250 e. The lowest BCUT2D eigenvalue weighted by Crippen LogP contribution is -2.48. The van der Waals surface area contributed by atoms with E-state index in [4.69, 9.17) is 11.5 Å². The predicted octanol–water partition coefficient (Wildman–Crippen LogP) is 0.0362. The molecule has 0 unspecified atom stereocenters. The molecule has 0 aromatic heterocycles. The number of primary amides is 1. The predicted molar refractivity (Wildman–Crippen MR) is 73.8 cm³/mol. The first-order chi connectivity index (χ1) is 8.99. The van der Waals surface area contributed by atoms with E-state index in [-0.39, 0.29) is 5.91 Å². The Hall–Kier alpha value is -2.24. The van der Waals surface area contributed by atoms with Gasteiger partial charge in [0.15, 0.2) is 0 Å². The molecule has 6 nitrogen and oxygen atoms in total. The quantitative estimate of drug-likeness (QED) is 0.736. The number of carbonyl (C=O) groups excluding carboxylic acids is 2. The second-order valence-electron chi connectivity index (χ2n) is 4.63. The molecular weight excluding hydrogens is 244 g/mol. The van der Waals surface area contributed by atoms with Crippen molar-refractivity contribution < 1.29 is 9.59 Å². The monoisotopic (exact) mass is 262 g/mol. The first kappa shape index (κ1) is 13.2. The first-order valence-electron chi connectivity index (χ1n) is 6.19. The molecule has 0 saturated carbocycles. The molecule has 0 aliphatic carbocycles. The zero-order valence-electron chi connectivity index (χ0n) is 10.9. The lowest BCUT2D eigenvalue weighted by atomic mass is 10.1. The summed E-state index contributed by atoms with van der Waals surface area (Å²) in [6.07, 6.45) is 0. The van der Waals surface area contributed by atoms with Gasteiger partial charge >= 0.3 is 0 Å². The van der Waals surface area contributed by atoms with Crippen molar-refractivity contribution >= 4 is 23.2 Å². The molecule has 1 aliphatic rings. The Morgan fingerprint density at radius 1 is 1.16 bits per heavy atom. The summed E-state index contributed by atoms with van der Waals surface area (Å²) in [4.78, 5) is 26.5. The maximum absolute atomic E-state index is 11.4. The van der Waals surface area contributed by atoms with Gasteiger partial charge in [-0.1, -0.05) is 0 Å². The number of piperazine rings is 1. The van der Waals surface area contributed by atoms with Gasteiger partial charge < -0.3 is 21.3 Å². The molecule has 1 aliphatic heterocycles. The van der Waals surface area contributed by atoms with Crippen LogP contribution in [0.2, 0.25) is 0 Å². The van der Waals surface area contributed by atoms with E-state index >= 15 is 0 Å². The number of hydrogen-bond acceptors (Lipinski definition) is 4. The van der Waals surface area contributed by atoms with E-state index in [0.717, 1.165) is 5.69 Å². The van der Waals surface area contributed by atoms with Crippen molar-refractivity contribution in [1.29, 1.82) is 0 Å². The van der Waals surface area contributed by atoms with Crippen molar-refractivity contribution in [3.05, 3.63) is 23.8 Å². The van der Waals surface area contributed by atoms with Crippen LogP contribution in [-0.4, -0.2) is 42.9 Å². The number of nitrogens with zero attached hydrogens (tertiary/aromatic N) is 2. The summed E-state index contributed by atoms with van der Waals surface area (Å²) in [6.45, 7) is 4.18. The fraction of sp³-hybridized carbons (Fsp3) is 0.385. The molecule has 0 atom stereocenters. The van der Waals surface area contributed by atoms with Crippen LogP contribution in [0.15, 0.2) is 18.2 Å². The van der Waals surface area contributed by atoms with Gasteiger partial charge in [-0.2, -0.15) is 0 Å². The summed E-state index contributed by atoms with van der Waals surface area (Å²) in [7, 11) is 0. The van der Waals surface area contributed by atoms with Gasteiger partial charge in [0.25, 0.3) is 5.91 Å². The molecule has 4 N–H and O–H groups in total. The van der Waals surface area contributed by atoms with E-state index in [0.29, 0.717) is 37.4 Å². The molecule has 0 radical (unpaired) electrons. The molecule has 1 aromatic carbocycles. The summed E-state index contributed by atoms with van der Waals surface area (Å²) >= 11 is 0. The van der Waals surface area contributed by atoms with Gasteiger partial charge in [0, 0.05) is 38.8 Å². The highest BCUT2D eigenvalue weighted by Gasteiger charge is 2.21. The van der Waals surface area contributed by atoms with Crippen LogP contribution in [0, 0.1) is 0 Å². The zero-order valence-corrected chi connectivity index (χ0v) is 10.9. The molecule has 1 aromatic rings. The fourth-order valence-corrected chi connectivity index (χ4v) is 2.28. The van der Waals surface area contributed by atoms with Gasteiger partial charge in [-0.3, -0.25) is 9.59 Å². The summed E-state index contributed by atoms with van der Waals surface area (Å²) in [6, 6.07) is 5.06. The lowest BCUT2D eigenvalue weighted by molar-refractivity contribution is -0.129. The molecule has 1 heterocycles. The number of nitrogen functional groups attached to an aromatic ring is 1. The Balaban J connectivity index is 2.21. The minimum Gasteiger partial charge on any atom is -0.399 e. The third-order valence-electron chi connectivity index (χ3n) is 3.35. The van der Waals surface area contributed by atoms with E-state index in [1.165, 1.54) is 0 Å². The third kappa shape index (κ3) is 2.78. The van der Waals surface area contributed by atoms with Crippen molar-refractivity contribution in [3.8, 4) is 0 Å². The molecule has 0 bridgehead atoms. The Morgan fingerprint density at radius 3 is 2.32 bits per heavy atom. The average Bonchev–Trinajstić information content (AvgIpc) is 2.38. The fourth-order valence-electron chi connectivity index (χ4n) is 2.28. The van der Waals surface area contributed by atoms with E-state index < -0.39 is 5.91 Å². The number of anilines is 2. The van der Waals surface area contributed by atoms with Crippen molar-refractivity contribution in [2.75, 3.05) is 36.8 Å². The largest absolute Gasteiger partial charge is 0.399 e. The van der Waals surface area contributed by atoms with Crippen LogP contribution < -0.4 is 16.4 Å².